The van der Waals surface area contributed by atoms with Crippen molar-refractivity contribution in [3.8, 4) is 0 Å². The number of aryl methyl sites for hydroxylation is 1. The average Bonchev–Trinajstić information content (AvgIpc) is 2.08. The number of carbonyl (C=O) groups is 1. The zero-order valence-electron chi connectivity index (χ0n) is 6.47. The van der Waals surface area contributed by atoms with Gasteiger partial charge in [0.25, 0.3) is 5.91 Å². The van der Waals surface area contributed by atoms with E-state index >= 15 is 0 Å². The third kappa shape index (κ3) is 1.57. The van der Waals surface area contributed by atoms with Crippen LogP contribution >= 0.6 is 0 Å². The first-order valence-electron chi connectivity index (χ1n) is 3.28. The topological polar surface area (TPSA) is 68.0 Å². The van der Waals surface area contributed by atoms with Crippen LogP contribution in [0.25, 0.3) is 0 Å². The van der Waals surface area contributed by atoms with Crippen LogP contribution in [0.3, 0.4) is 0 Å². The molecule has 0 unspecified atom stereocenters. The van der Waals surface area contributed by atoms with Crippen molar-refractivity contribution in [1.29, 1.82) is 0 Å². The van der Waals surface area contributed by atoms with Crippen LogP contribution in [0.2, 0.25) is 0 Å². The van der Waals surface area contributed by atoms with Gasteiger partial charge in [0.2, 0.25) is 0 Å². The molecule has 0 fully saturated rings. The van der Waals surface area contributed by atoms with Crippen molar-refractivity contribution in [2.45, 2.75) is 6.92 Å². The summed E-state index contributed by atoms with van der Waals surface area (Å²) in [4.78, 5) is 14.5. The number of nitrogens with one attached hydrogen (secondary N) is 1. The molecule has 5 heteroatoms. The van der Waals surface area contributed by atoms with Crippen molar-refractivity contribution in [3.05, 3.63) is 29.3 Å². The lowest BCUT2D eigenvalue weighted by atomic mass is 10.2. The van der Waals surface area contributed by atoms with E-state index in [1.165, 1.54) is 13.1 Å². The van der Waals surface area contributed by atoms with Crippen LogP contribution < -0.4 is 11.3 Å². The fraction of sp³-hybridized carbons (Fsp3) is 0.143. The Morgan fingerprint density at radius 2 is 2.42 bits per heavy atom. The predicted octanol–water partition coefficient (Wildman–Crippen LogP) is 0.133. The molecule has 1 heterocycles. The van der Waals surface area contributed by atoms with Gasteiger partial charge in [-0.2, -0.15) is 0 Å². The SMILES string of the molecule is Cc1ncc(C(=O)NN)cc1F. The molecule has 3 N–H and O–H groups in total. The Bertz CT molecular complexity index is 314. The molecule has 0 atom stereocenters. The Hall–Kier alpha value is -1.49. The molecule has 0 radical (unpaired) electrons. The lowest BCUT2D eigenvalue weighted by Gasteiger charge is -1.99. The van der Waals surface area contributed by atoms with Crippen LogP contribution in [0.5, 0.6) is 0 Å². The number of nitrogen functional groups attached to an aromatic ring is 1. The molecule has 64 valence electrons. The molecule has 1 aromatic heterocycles. The van der Waals surface area contributed by atoms with Gasteiger partial charge in [-0.1, -0.05) is 0 Å². The van der Waals surface area contributed by atoms with Gasteiger partial charge in [-0.15, -0.1) is 0 Å². The molecule has 0 aliphatic heterocycles. The normalized spacial score (nSPS) is 9.58. The van der Waals surface area contributed by atoms with Gasteiger partial charge in [-0.25, -0.2) is 10.2 Å². The highest BCUT2D eigenvalue weighted by Crippen LogP contribution is 2.04. The number of aromatic nitrogens is 1. The van der Waals surface area contributed by atoms with Crippen LogP contribution in [-0.4, -0.2) is 10.9 Å². The highest BCUT2D eigenvalue weighted by atomic mass is 19.1. The maximum Gasteiger partial charge on any atom is 0.266 e. The molecule has 1 amide bonds. The second kappa shape index (κ2) is 3.27. The van der Waals surface area contributed by atoms with Crippen LogP contribution in [-0.2, 0) is 0 Å². The van der Waals surface area contributed by atoms with Crippen LogP contribution in [0, 0.1) is 12.7 Å². The van der Waals surface area contributed by atoms with E-state index in [-0.39, 0.29) is 11.3 Å². The molecule has 0 aliphatic carbocycles. The van der Waals surface area contributed by atoms with E-state index in [1.54, 1.807) is 0 Å². The summed E-state index contributed by atoms with van der Waals surface area (Å²) < 4.78 is 12.8. The highest BCUT2D eigenvalue weighted by Gasteiger charge is 2.06. The molecular formula is C7H8FN3O. The summed E-state index contributed by atoms with van der Waals surface area (Å²) in [5.41, 5.74) is 2.25. The number of hydrogen-bond acceptors (Lipinski definition) is 3. The van der Waals surface area contributed by atoms with E-state index in [9.17, 15) is 9.18 Å². The fourth-order valence-corrected chi connectivity index (χ4v) is 0.714. The lowest BCUT2D eigenvalue weighted by Crippen LogP contribution is -2.30. The number of hydrogen-bond donors (Lipinski definition) is 2. The standard InChI is InChI=1S/C7H8FN3O/c1-4-6(8)2-5(3-10-4)7(12)11-9/h2-3H,9H2,1H3,(H,11,12). The first-order chi connectivity index (χ1) is 5.65. The van der Waals surface area contributed by atoms with E-state index in [0.29, 0.717) is 0 Å². The Morgan fingerprint density at radius 3 is 2.92 bits per heavy atom. The molecule has 0 bridgehead atoms. The Balaban J connectivity index is 3.05. The molecule has 0 aromatic carbocycles. The van der Waals surface area contributed by atoms with Crippen molar-refractivity contribution in [1.82, 2.24) is 10.4 Å². The first kappa shape index (κ1) is 8.61. The molecule has 0 saturated heterocycles. The minimum absolute atomic E-state index is 0.112. The summed E-state index contributed by atoms with van der Waals surface area (Å²) in [6, 6.07) is 1.09. The Labute approximate surface area is 68.6 Å². The van der Waals surface area contributed by atoms with Crippen LogP contribution in [0.4, 0.5) is 4.39 Å². The number of nitrogens with two attached hydrogens (primary N) is 1. The second-order valence-electron chi connectivity index (χ2n) is 2.26. The summed E-state index contributed by atoms with van der Waals surface area (Å²) in [6.45, 7) is 1.51. The molecule has 4 nitrogen and oxygen atoms in total. The number of rotatable bonds is 1. The molecule has 1 rings (SSSR count). The number of halogens is 1. The molecule has 0 saturated carbocycles. The zero-order chi connectivity index (χ0) is 9.14. The first-order valence-corrected chi connectivity index (χ1v) is 3.28. The third-order valence-corrected chi connectivity index (χ3v) is 1.42. The van der Waals surface area contributed by atoms with Gasteiger partial charge in [0, 0.05) is 6.20 Å². The molecule has 0 aliphatic rings. The summed E-state index contributed by atoms with van der Waals surface area (Å²) in [7, 11) is 0. The summed E-state index contributed by atoms with van der Waals surface area (Å²) in [6.07, 6.45) is 1.26. The lowest BCUT2D eigenvalue weighted by molar-refractivity contribution is 0.0953. The summed E-state index contributed by atoms with van der Waals surface area (Å²) >= 11 is 0. The minimum atomic E-state index is -0.554. The smallest absolute Gasteiger partial charge is 0.266 e. The Kier molecular flexibility index (Phi) is 2.35. The number of amides is 1. The molecule has 0 spiro atoms. The predicted molar refractivity (Wildman–Crippen MR) is 40.6 cm³/mol. The molecular weight excluding hydrogens is 161 g/mol. The maximum absolute atomic E-state index is 12.8. The molecule has 12 heavy (non-hydrogen) atoms. The van der Waals surface area contributed by atoms with Crippen molar-refractivity contribution < 1.29 is 9.18 Å². The fourth-order valence-electron chi connectivity index (χ4n) is 0.714. The highest BCUT2D eigenvalue weighted by molar-refractivity contribution is 5.93. The van der Waals surface area contributed by atoms with E-state index in [0.717, 1.165) is 6.07 Å². The number of pyridine rings is 1. The van der Waals surface area contributed by atoms with Crippen molar-refractivity contribution in [3.63, 3.8) is 0 Å². The number of nitrogens with zero attached hydrogens (tertiary/aromatic N) is 1. The number of carbonyl (C=O) groups excluding carboxylic acids is 1. The average molecular weight is 169 g/mol. The van der Waals surface area contributed by atoms with Crippen LogP contribution in [0.1, 0.15) is 16.1 Å². The van der Waals surface area contributed by atoms with Crippen molar-refractivity contribution in [2.24, 2.45) is 5.84 Å². The second-order valence-corrected chi connectivity index (χ2v) is 2.26. The quantitative estimate of drug-likeness (QED) is 0.357. The largest absolute Gasteiger partial charge is 0.290 e. The van der Waals surface area contributed by atoms with Gasteiger partial charge < -0.3 is 0 Å². The van der Waals surface area contributed by atoms with Gasteiger partial charge in [-0.05, 0) is 13.0 Å². The van der Waals surface area contributed by atoms with E-state index in [1.807, 2.05) is 5.43 Å². The van der Waals surface area contributed by atoms with E-state index in [2.05, 4.69) is 4.98 Å². The van der Waals surface area contributed by atoms with Crippen LogP contribution in [0.15, 0.2) is 12.3 Å². The van der Waals surface area contributed by atoms with Gasteiger partial charge >= 0.3 is 0 Å². The maximum atomic E-state index is 12.8. The van der Waals surface area contributed by atoms with Crippen molar-refractivity contribution in [2.75, 3.05) is 0 Å². The Morgan fingerprint density at radius 1 is 1.75 bits per heavy atom. The van der Waals surface area contributed by atoms with E-state index < -0.39 is 11.7 Å². The summed E-state index contributed by atoms with van der Waals surface area (Å²) in [5.74, 6) is 3.77. The van der Waals surface area contributed by atoms with Crippen molar-refractivity contribution >= 4 is 5.91 Å². The third-order valence-electron chi connectivity index (χ3n) is 1.42. The minimum Gasteiger partial charge on any atom is -0.290 e. The summed E-state index contributed by atoms with van der Waals surface area (Å²) in [5, 5.41) is 0. The number of hydrazine groups is 1. The zero-order valence-corrected chi connectivity index (χ0v) is 6.47. The van der Waals surface area contributed by atoms with Gasteiger partial charge in [-0.3, -0.25) is 15.2 Å². The van der Waals surface area contributed by atoms with E-state index in [4.69, 9.17) is 5.84 Å². The monoisotopic (exact) mass is 169 g/mol. The van der Waals surface area contributed by atoms with Gasteiger partial charge in [0.05, 0.1) is 11.3 Å². The molecule has 1 aromatic rings. The van der Waals surface area contributed by atoms with Gasteiger partial charge in [0.1, 0.15) is 5.82 Å². The van der Waals surface area contributed by atoms with Gasteiger partial charge in [0.15, 0.2) is 0 Å².